The fraction of sp³-hybridized carbons (Fsp3) is 0.350. The van der Waals surface area contributed by atoms with Crippen LogP contribution < -0.4 is 14.5 Å². The number of carbonyl (C=O) groups excluding carboxylic acids is 1. The molecule has 0 saturated carbocycles. The maximum Gasteiger partial charge on any atom is 0.241 e. The largest absolute Gasteiger partial charge is 0.372 e. The van der Waals surface area contributed by atoms with Crippen LogP contribution in [-0.4, -0.2) is 40.2 Å². The summed E-state index contributed by atoms with van der Waals surface area (Å²) >= 11 is 3.33. The molecular formula is C20H26BrN3O3S. The summed E-state index contributed by atoms with van der Waals surface area (Å²) in [6, 6.07) is 14.8. The van der Waals surface area contributed by atoms with Crippen LogP contribution in [-0.2, 0) is 21.4 Å². The van der Waals surface area contributed by atoms with Crippen LogP contribution in [0.4, 0.5) is 11.4 Å². The highest BCUT2D eigenvalue weighted by molar-refractivity contribution is 9.10. The lowest BCUT2D eigenvalue weighted by Crippen LogP contribution is -2.40. The number of sulfonamides is 1. The van der Waals surface area contributed by atoms with Gasteiger partial charge in [-0.15, -0.1) is 0 Å². The third-order valence-electron chi connectivity index (χ3n) is 4.34. The maximum atomic E-state index is 12.4. The highest BCUT2D eigenvalue weighted by Gasteiger charge is 2.20. The molecule has 0 aliphatic carbocycles. The number of rotatable bonds is 9. The molecule has 0 aromatic heterocycles. The highest BCUT2D eigenvalue weighted by atomic mass is 79.9. The number of amides is 1. The maximum absolute atomic E-state index is 12.4. The van der Waals surface area contributed by atoms with Gasteiger partial charge < -0.3 is 10.2 Å². The van der Waals surface area contributed by atoms with Gasteiger partial charge in [-0.2, -0.15) is 0 Å². The van der Waals surface area contributed by atoms with Crippen LogP contribution in [0.3, 0.4) is 0 Å². The average molecular weight is 468 g/mol. The van der Waals surface area contributed by atoms with Gasteiger partial charge in [-0.05, 0) is 49.7 Å². The fourth-order valence-corrected chi connectivity index (χ4v) is 4.07. The predicted octanol–water partition coefficient (Wildman–Crippen LogP) is 3.38. The second-order valence-corrected chi connectivity index (χ2v) is 9.19. The Balaban J connectivity index is 2.01. The molecule has 0 heterocycles. The third-order valence-corrected chi connectivity index (χ3v) is 5.97. The first kappa shape index (κ1) is 22.2. The van der Waals surface area contributed by atoms with E-state index in [0.717, 1.165) is 39.4 Å². The average Bonchev–Trinajstić information content (AvgIpc) is 2.65. The molecule has 28 heavy (non-hydrogen) atoms. The van der Waals surface area contributed by atoms with Gasteiger partial charge >= 0.3 is 0 Å². The normalized spacial score (nSPS) is 11.1. The number of benzene rings is 2. The molecule has 0 aliphatic heterocycles. The predicted molar refractivity (Wildman–Crippen MR) is 118 cm³/mol. The van der Waals surface area contributed by atoms with Gasteiger partial charge in [-0.25, -0.2) is 8.42 Å². The molecule has 2 aromatic rings. The first-order chi connectivity index (χ1) is 13.2. The highest BCUT2D eigenvalue weighted by Crippen LogP contribution is 2.22. The van der Waals surface area contributed by atoms with Gasteiger partial charge in [-0.3, -0.25) is 9.10 Å². The Morgan fingerprint density at radius 2 is 1.68 bits per heavy atom. The minimum Gasteiger partial charge on any atom is -0.372 e. The van der Waals surface area contributed by atoms with Crippen molar-refractivity contribution in [1.29, 1.82) is 0 Å². The molecule has 1 amide bonds. The molecule has 2 aromatic carbocycles. The zero-order chi connectivity index (χ0) is 20.7. The number of halogens is 1. The lowest BCUT2D eigenvalue weighted by Gasteiger charge is -2.22. The monoisotopic (exact) mass is 467 g/mol. The number of anilines is 2. The van der Waals surface area contributed by atoms with Gasteiger partial charge in [0.25, 0.3) is 0 Å². The molecule has 8 heteroatoms. The van der Waals surface area contributed by atoms with Crippen LogP contribution >= 0.6 is 15.9 Å². The molecule has 0 unspecified atom stereocenters. The molecule has 0 spiro atoms. The standard InChI is InChI=1S/C20H26BrN3O3S/c1-4-23(5-2)18-11-9-16(10-12-18)14-22-20(25)15-24(28(3,26)27)19-8-6-7-17(21)13-19/h6-13H,4-5,14-15H2,1-3H3,(H,22,25). The second-order valence-electron chi connectivity index (χ2n) is 6.36. The minimum absolute atomic E-state index is 0.271. The van der Waals surface area contributed by atoms with Gasteiger partial charge in [-0.1, -0.05) is 34.1 Å². The van der Waals surface area contributed by atoms with E-state index in [1.807, 2.05) is 24.3 Å². The summed E-state index contributed by atoms with van der Waals surface area (Å²) in [5.74, 6) is -0.363. The zero-order valence-electron chi connectivity index (χ0n) is 16.4. The molecule has 1 N–H and O–H groups in total. The summed E-state index contributed by atoms with van der Waals surface area (Å²) in [6.07, 6.45) is 1.09. The zero-order valence-corrected chi connectivity index (χ0v) is 18.8. The molecular weight excluding hydrogens is 442 g/mol. The van der Waals surface area contributed by atoms with E-state index in [1.54, 1.807) is 24.3 Å². The number of hydrogen-bond donors (Lipinski definition) is 1. The van der Waals surface area contributed by atoms with E-state index in [9.17, 15) is 13.2 Å². The Labute approximate surface area is 175 Å². The summed E-state index contributed by atoms with van der Waals surface area (Å²) in [4.78, 5) is 14.6. The quantitative estimate of drug-likeness (QED) is 0.613. The smallest absolute Gasteiger partial charge is 0.241 e. The van der Waals surface area contributed by atoms with Crippen LogP contribution in [0, 0.1) is 0 Å². The van der Waals surface area contributed by atoms with Gasteiger partial charge in [0.1, 0.15) is 6.54 Å². The van der Waals surface area contributed by atoms with Crippen molar-refractivity contribution in [3.63, 3.8) is 0 Å². The molecule has 152 valence electrons. The second kappa shape index (κ2) is 9.93. The molecule has 0 fully saturated rings. The van der Waals surface area contributed by atoms with Crippen molar-refractivity contribution in [2.75, 3.05) is 35.1 Å². The fourth-order valence-electron chi connectivity index (χ4n) is 2.83. The van der Waals surface area contributed by atoms with Crippen LogP contribution in [0.5, 0.6) is 0 Å². The van der Waals surface area contributed by atoms with Gasteiger partial charge in [0.15, 0.2) is 0 Å². The molecule has 0 atom stereocenters. The molecule has 0 saturated heterocycles. The molecule has 0 radical (unpaired) electrons. The lowest BCUT2D eigenvalue weighted by molar-refractivity contribution is -0.119. The van der Waals surface area contributed by atoms with Crippen molar-refractivity contribution in [1.82, 2.24) is 5.32 Å². The summed E-state index contributed by atoms with van der Waals surface area (Å²) in [7, 11) is -3.59. The van der Waals surface area contributed by atoms with Crippen molar-refractivity contribution in [3.8, 4) is 0 Å². The van der Waals surface area contributed by atoms with E-state index in [1.165, 1.54) is 0 Å². The molecule has 0 bridgehead atoms. The van der Waals surface area contributed by atoms with Crippen LogP contribution in [0.2, 0.25) is 0 Å². The molecule has 2 rings (SSSR count). The number of nitrogens with zero attached hydrogens (tertiary/aromatic N) is 2. The first-order valence-electron chi connectivity index (χ1n) is 9.08. The topological polar surface area (TPSA) is 69.7 Å². The first-order valence-corrected chi connectivity index (χ1v) is 11.7. The summed E-state index contributed by atoms with van der Waals surface area (Å²) in [5.41, 5.74) is 2.53. The van der Waals surface area contributed by atoms with Crippen LogP contribution in [0.15, 0.2) is 53.0 Å². The van der Waals surface area contributed by atoms with Crippen LogP contribution in [0.1, 0.15) is 19.4 Å². The van der Waals surface area contributed by atoms with E-state index < -0.39 is 10.0 Å². The van der Waals surface area contributed by atoms with Crippen molar-refractivity contribution in [3.05, 3.63) is 58.6 Å². The summed E-state index contributed by atoms with van der Waals surface area (Å²) in [5, 5.41) is 2.79. The van der Waals surface area contributed by atoms with E-state index in [4.69, 9.17) is 0 Å². The summed E-state index contributed by atoms with van der Waals surface area (Å²) < 4.78 is 26.1. The SMILES string of the molecule is CCN(CC)c1ccc(CNC(=O)CN(c2cccc(Br)c2)S(C)(=O)=O)cc1. The Morgan fingerprint density at radius 3 is 2.21 bits per heavy atom. The van der Waals surface area contributed by atoms with E-state index >= 15 is 0 Å². The number of carbonyl (C=O) groups is 1. The number of hydrogen-bond acceptors (Lipinski definition) is 4. The van der Waals surface area contributed by atoms with Crippen molar-refractivity contribution in [2.24, 2.45) is 0 Å². The van der Waals surface area contributed by atoms with Gasteiger partial charge in [0, 0.05) is 29.8 Å². The van der Waals surface area contributed by atoms with Crippen molar-refractivity contribution < 1.29 is 13.2 Å². The van der Waals surface area contributed by atoms with E-state index in [2.05, 4.69) is 40.0 Å². The van der Waals surface area contributed by atoms with Crippen molar-refractivity contribution in [2.45, 2.75) is 20.4 Å². The Kier molecular flexibility index (Phi) is 7.88. The Hall–Kier alpha value is -2.06. The Morgan fingerprint density at radius 1 is 1.04 bits per heavy atom. The number of nitrogens with one attached hydrogen (secondary N) is 1. The Bertz CT molecular complexity index is 897. The van der Waals surface area contributed by atoms with Crippen molar-refractivity contribution >= 4 is 43.2 Å². The van der Waals surface area contributed by atoms with Gasteiger partial charge in [0.05, 0.1) is 11.9 Å². The van der Waals surface area contributed by atoms with E-state index in [0.29, 0.717) is 12.2 Å². The molecule has 0 aliphatic rings. The van der Waals surface area contributed by atoms with Crippen LogP contribution in [0.25, 0.3) is 0 Å². The summed E-state index contributed by atoms with van der Waals surface area (Å²) in [6.45, 7) is 6.15. The third kappa shape index (κ3) is 6.24. The molecule has 6 nitrogen and oxygen atoms in total. The van der Waals surface area contributed by atoms with Gasteiger partial charge in [0.2, 0.25) is 15.9 Å². The lowest BCUT2D eigenvalue weighted by atomic mass is 10.2. The van der Waals surface area contributed by atoms with E-state index in [-0.39, 0.29) is 12.5 Å². The minimum atomic E-state index is -3.59.